The second-order valence-corrected chi connectivity index (χ2v) is 6.97. The Morgan fingerprint density at radius 1 is 1.21 bits per heavy atom. The molecule has 0 radical (unpaired) electrons. The topological polar surface area (TPSA) is 153 Å². The first-order chi connectivity index (χ1) is 13.2. The van der Waals surface area contributed by atoms with E-state index in [1.54, 1.807) is 24.3 Å². The van der Waals surface area contributed by atoms with Gasteiger partial charge in [-0.1, -0.05) is 30.3 Å². The van der Waals surface area contributed by atoms with Crippen LogP contribution in [0.5, 0.6) is 0 Å². The number of carboxylic acid groups (broad SMARTS) is 2. The minimum atomic E-state index is -1.69. The van der Waals surface area contributed by atoms with Gasteiger partial charge in [0.2, 0.25) is 5.91 Å². The highest BCUT2D eigenvalue weighted by Crippen LogP contribution is 2.44. The normalized spacial score (nSPS) is 23.8. The Kier molecular flexibility index (Phi) is 5.23. The maximum Gasteiger partial charge on any atom is 0.414 e. The second kappa shape index (κ2) is 7.47. The maximum atomic E-state index is 12.4. The number of carbonyl (C=O) groups is 4. The Bertz CT molecular complexity index is 792. The first-order valence-corrected chi connectivity index (χ1v) is 8.71. The molecule has 1 saturated heterocycles. The van der Waals surface area contributed by atoms with Gasteiger partial charge in [0, 0.05) is 0 Å². The van der Waals surface area contributed by atoms with Gasteiger partial charge in [-0.3, -0.25) is 4.79 Å². The molecule has 0 bridgehead atoms. The Morgan fingerprint density at radius 2 is 1.86 bits per heavy atom. The molecule has 3 amide bonds. The molecule has 0 spiro atoms. The largest absolute Gasteiger partial charge is 0.480 e. The summed E-state index contributed by atoms with van der Waals surface area (Å²) in [5.41, 5.74) is -0.360. The lowest BCUT2D eigenvalue weighted by atomic mass is 9.91. The quantitative estimate of drug-likeness (QED) is 0.554. The lowest BCUT2D eigenvalue weighted by Gasteiger charge is -2.26. The Balaban J connectivity index is 1.64. The molecule has 4 N–H and O–H groups in total. The van der Waals surface area contributed by atoms with E-state index in [4.69, 9.17) is 14.9 Å². The molecular weight excluding hydrogens is 372 g/mol. The number of benzene rings is 1. The lowest BCUT2D eigenvalue weighted by Crippen LogP contribution is -2.51. The number of aliphatic hydroxyl groups excluding tert-OH is 1. The van der Waals surface area contributed by atoms with Gasteiger partial charge in [0.05, 0.1) is 17.6 Å². The van der Waals surface area contributed by atoms with Crippen LogP contribution in [0.4, 0.5) is 9.59 Å². The molecule has 150 valence electrons. The summed E-state index contributed by atoms with van der Waals surface area (Å²) in [5, 5.41) is 31.5. The summed E-state index contributed by atoms with van der Waals surface area (Å²) in [7, 11) is 0. The predicted octanol–water partition coefficient (Wildman–Crippen LogP) is 0.786. The average Bonchev–Trinajstić information content (AvgIpc) is 3.34. The number of nitrogens with one attached hydrogen (secondary N) is 1. The number of carbonyl (C=O) groups excluding carboxylic acids is 2. The molecule has 2 fully saturated rings. The van der Waals surface area contributed by atoms with Crippen molar-refractivity contribution in [1.29, 1.82) is 0 Å². The molecule has 2 aliphatic rings. The molecule has 28 heavy (non-hydrogen) atoms. The zero-order chi connectivity index (χ0) is 20.5. The predicted molar refractivity (Wildman–Crippen MR) is 92.1 cm³/mol. The first-order valence-electron chi connectivity index (χ1n) is 8.71. The number of aliphatic carboxylic acids is 1. The minimum absolute atomic E-state index is 0.0229. The van der Waals surface area contributed by atoms with Crippen molar-refractivity contribution in [3.63, 3.8) is 0 Å². The van der Waals surface area contributed by atoms with Crippen LogP contribution in [-0.2, 0) is 20.9 Å². The van der Waals surface area contributed by atoms with Gasteiger partial charge in [-0.15, -0.1) is 0 Å². The molecule has 1 heterocycles. The molecule has 3 rings (SSSR count). The third kappa shape index (κ3) is 3.77. The Labute approximate surface area is 159 Å². The third-order valence-corrected chi connectivity index (χ3v) is 5.13. The Morgan fingerprint density at radius 3 is 2.36 bits per heavy atom. The smallest absolute Gasteiger partial charge is 0.414 e. The van der Waals surface area contributed by atoms with E-state index in [1.165, 1.54) is 0 Å². The molecule has 2 unspecified atom stereocenters. The van der Waals surface area contributed by atoms with E-state index in [-0.39, 0.29) is 17.9 Å². The van der Waals surface area contributed by atoms with E-state index in [0.717, 1.165) is 5.56 Å². The number of amides is 3. The van der Waals surface area contributed by atoms with Crippen LogP contribution in [0.25, 0.3) is 0 Å². The second-order valence-electron chi connectivity index (χ2n) is 6.97. The van der Waals surface area contributed by atoms with Crippen LogP contribution < -0.4 is 5.32 Å². The summed E-state index contributed by atoms with van der Waals surface area (Å²) < 4.78 is 5.12. The zero-order valence-corrected chi connectivity index (χ0v) is 14.8. The number of hydrogen-bond acceptors (Lipinski definition) is 6. The molecule has 10 heteroatoms. The maximum absolute atomic E-state index is 12.4. The van der Waals surface area contributed by atoms with Crippen molar-refractivity contribution in [3.8, 4) is 0 Å². The number of carboxylic acids is 1. The van der Waals surface area contributed by atoms with Crippen LogP contribution in [0, 0.1) is 5.92 Å². The van der Waals surface area contributed by atoms with E-state index in [2.05, 4.69) is 5.32 Å². The van der Waals surface area contributed by atoms with Crippen molar-refractivity contribution < 1.29 is 39.2 Å². The molecule has 1 aliphatic carbocycles. The van der Waals surface area contributed by atoms with E-state index < -0.39 is 47.7 Å². The van der Waals surface area contributed by atoms with Gasteiger partial charge in [-0.2, -0.15) is 0 Å². The summed E-state index contributed by atoms with van der Waals surface area (Å²) in [5.74, 6) is -3.70. The number of hydrogen-bond donors (Lipinski definition) is 4. The standard InChI is InChI=1S/C18H20N2O8/c21-13(11-8-12(15(23)24)20(14(11)22)17(26)27)18(6-7-18)19-16(25)28-9-10-4-2-1-3-5-10/h1-5,11-13,21H,6-9H2,(H,19,25)(H,23,24)(H,26,27)/t11?,12-,13?/m0/s1. The van der Waals surface area contributed by atoms with Crippen molar-refractivity contribution in [1.82, 2.24) is 10.2 Å². The fourth-order valence-corrected chi connectivity index (χ4v) is 3.46. The number of likely N-dealkylation sites (tertiary alicyclic amines) is 1. The molecule has 1 aromatic carbocycles. The molecule has 10 nitrogen and oxygen atoms in total. The highest BCUT2D eigenvalue weighted by atomic mass is 16.5. The summed E-state index contributed by atoms with van der Waals surface area (Å²) in [6.07, 6.45) is -3.52. The SMILES string of the molecule is O=C(NC1(C(O)C2C[C@@H](C(=O)O)N(C(=O)O)C2=O)CC1)OCc1ccccc1. The van der Waals surface area contributed by atoms with E-state index in [1.807, 2.05) is 6.07 Å². The van der Waals surface area contributed by atoms with Crippen LogP contribution in [-0.4, -0.2) is 62.0 Å². The van der Waals surface area contributed by atoms with Gasteiger partial charge >= 0.3 is 18.2 Å². The number of aliphatic hydroxyl groups is 1. The highest BCUT2D eigenvalue weighted by Gasteiger charge is 2.59. The van der Waals surface area contributed by atoms with E-state index in [0.29, 0.717) is 12.8 Å². The van der Waals surface area contributed by atoms with E-state index in [9.17, 15) is 24.3 Å². The molecule has 1 saturated carbocycles. The van der Waals surface area contributed by atoms with Gasteiger partial charge in [-0.25, -0.2) is 19.3 Å². The van der Waals surface area contributed by atoms with Crippen LogP contribution in [0.3, 0.4) is 0 Å². The molecule has 0 aromatic heterocycles. The van der Waals surface area contributed by atoms with Gasteiger partial charge in [0.1, 0.15) is 12.6 Å². The summed E-state index contributed by atoms with van der Waals surface area (Å²) in [6.45, 7) is 0.0229. The Hall–Kier alpha value is -3.14. The van der Waals surface area contributed by atoms with Crippen molar-refractivity contribution in [2.24, 2.45) is 5.92 Å². The highest BCUT2D eigenvalue weighted by molar-refractivity contribution is 6.00. The minimum Gasteiger partial charge on any atom is -0.480 e. The van der Waals surface area contributed by atoms with Gasteiger partial charge in [0.15, 0.2) is 0 Å². The number of imide groups is 1. The summed E-state index contributed by atoms with van der Waals surface area (Å²) >= 11 is 0. The fourth-order valence-electron chi connectivity index (χ4n) is 3.46. The van der Waals surface area contributed by atoms with Crippen LogP contribution >= 0.6 is 0 Å². The number of alkyl carbamates (subject to hydrolysis) is 1. The van der Waals surface area contributed by atoms with Crippen molar-refractivity contribution in [2.75, 3.05) is 0 Å². The summed E-state index contributed by atoms with van der Waals surface area (Å²) in [4.78, 5) is 47.2. The fraction of sp³-hybridized carbons (Fsp3) is 0.444. The van der Waals surface area contributed by atoms with Crippen molar-refractivity contribution >= 4 is 24.1 Å². The first kappa shape index (κ1) is 19.6. The number of nitrogens with zero attached hydrogens (tertiary/aromatic N) is 1. The van der Waals surface area contributed by atoms with Crippen LogP contribution in [0.1, 0.15) is 24.8 Å². The van der Waals surface area contributed by atoms with E-state index >= 15 is 0 Å². The summed E-state index contributed by atoms with van der Waals surface area (Å²) in [6, 6.07) is 7.40. The molecule has 1 aliphatic heterocycles. The number of rotatable bonds is 6. The average molecular weight is 392 g/mol. The zero-order valence-electron chi connectivity index (χ0n) is 14.8. The number of ether oxygens (including phenoxy) is 1. The van der Waals surface area contributed by atoms with Crippen LogP contribution in [0.2, 0.25) is 0 Å². The monoisotopic (exact) mass is 392 g/mol. The van der Waals surface area contributed by atoms with Gasteiger partial charge < -0.3 is 25.4 Å². The van der Waals surface area contributed by atoms with Gasteiger partial charge in [0.25, 0.3) is 0 Å². The third-order valence-electron chi connectivity index (χ3n) is 5.13. The van der Waals surface area contributed by atoms with Crippen molar-refractivity contribution in [2.45, 2.75) is 43.6 Å². The van der Waals surface area contributed by atoms with Crippen LogP contribution in [0.15, 0.2) is 30.3 Å². The molecule has 1 aromatic rings. The molecular formula is C18H20N2O8. The lowest BCUT2D eigenvalue weighted by molar-refractivity contribution is -0.145. The van der Waals surface area contributed by atoms with Crippen molar-refractivity contribution in [3.05, 3.63) is 35.9 Å². The van der Waals surface area contributed by atoms with Gasteiger partial charge in [-0.05, 0) is 24.8 Å². The molecule has 3 atom stereocenters.